The smallest absolute Gasteiger partial charge is 0.378 e. The van der Waals surface area contributed by atoms with Crippen LogP contribution in [0.2, 0.25) is 0 Å². The molecule has 1 heterocycles. The molecule has 2 aliphatic rings. The van der Waals surface area contributed by atoms with Gasteiger partial charge in [-0.1, -0.05) is 19.3 Å². The van der Waals surface area contributed by atoms with E-state index in [-0.39, 0.29) is 23.5 Å². The number of nitrogens with zero attached hydrogens (tertiary/aromatic N) is 2. The Hall–Kier alpha value is -1.37. The Balaban J connectivity index is 1.75. The maximum atomic E-state index is 12.8. The van der Waals surface area contributed by atoms with Gasteiger partial charge in [0.25, 0.3) is 0 Å². The molecule has 7 heteroatoms. The van der Waals surface area contributed by atoms with Gasteiger partial charge in [-0.3, -0.25) is 0 Å². The molecular weight excluding hydrogens is 307 g/mol. The van der Waals surface area contributed by atoms with Crippen LogP contribution >= 0.6 is 0 Å². The summed E-state index contributed by atoms with van der Waals surface area (Å²) in [4.78, 5) is 7.59. The molecule has 0 unspecified atom stereocenters. The average Bonchev–Trinajstić information content (AvgIpc) is 2.54. The zero-order valence-electron chi connectivity index (χ0n) is 13.2. The Morgan fingerprint density at radius 3 is 2.70 bits per heavy atom. The first kappa shape index (κ1) is 16.5. The highest BCUT2D eigenvalue weighted by Gasteiger charge is 2.55. The monoisotopic (exact) mass is 329 g/mol. The molecule has 23 heavy (non-hydrogen) atoms. The van der Waals surface area contributed by atoms with Gasteiger partial charge in [0.15, 0.2) is 0 Å². The normalized spacial score (nSPS) is 26.8. The third-order valence-corrected chi connectivity index (χ3v) is 5.19. The van der Waals surface area contributed by atoms with E-state index >= 15 is 0 Å². The van der Waals surface area contributed by atoms with Gasteiger partial charge in [-0.2, -0.15) is 13.2 Å². The van der Waals surface area contributed by atoms with Crippen LogP contribution in [0.4, 0.5) is 19.1 Å². The summed E-state index contributed by atoms with van der Waals surface area (Å²) in [6, 6.07) is 0.980. The number of hydrogen-bond donors (Lipinski definition) is 1. The Kier molecular flexibility index (Phi) is 4.49. The van der Waals surface area contributed by atoms with Gasteiger partial charge in [0.2, 0.25) is 5.95 Å². The summed E-state index contributed by atoms with van der Waals surface area (Å²) in [7, 11) is 0. The number of nitrogens with one attached hydrogen (secondary N) is 1. The summed E-state index contributed by atoms with van der Waals surface area (Å²) in [6.07, 6.45) is 3.30. The Bertz CT molecular complexity index is 544. The minimum absolute atomic E-state index is 0.0197. The molecule has 1 aromatic rings. The van der Waals surface area contributed by atoms with Crippen molar-refractivity contribution in [2.75, 3.05) is 11.9 Å². The van der Waals surface area contributed by atoms with Crippen LogP contribution < -0.4 is 5.32 Å². The zero-order valence-corrected chi connectivity index (χ0v) is 13.2. The highest BCUT2D eigenvalue weighted by molar-refractivity contribution is 5.32. The molecule has 1 N–H and O–H groups in total. The first-order valence-corrected chi connectivity index (χ1v) is 8.24. The quantitative estimate of drug-likeness (QED) is 0.906. The molecule has 0 bridgehead atoms. The van der Waals surface area contributed by atoms with Crippen molar-refractivity contribution >= 4 is 5.95 Å². The molecular formula is C16H22F3N3O. The van der Waals surface area contributed by atoms with Crippen LogP contribution in [0.3, 0.4) is 0 Å². The van der Waals surface area contributed by atoms with E-state index in [4.69, 9.17) is 4.74 Å². The predicted octanol–water partition coefficient (Wildman–Crippen LogP) is 4.04. The number of rotatable bonds is 4. The molecule has 3 rings (SSSR count). The first-order valence-electron chi connectivity index (χ1n) is 8.24. The highest BCUT2D eigenvalue weighted by Crippen LogP contribution is 2.54. The maximum Gasteiger partial charge on any atom is 0.433 e. The lowest BCUT2D eigenvalue weighted by atomic mass is 9.55. The lowest BCUT2D eigenvalue weighted by Crippen LogP contribution is -2.62. The minimum atomic E-state index is -4.45. The fourth-order valence-electron chi connectivity index (χ4n) is 4.01. The van der Waals surface area contributed by atoms with Gasteiger partial charge in [-0.05, 0) is 32.3 Å². The number of anilines is 1. The standard InChI is InChI=1S/C16H22F3N3O/c1-2-23-13-10-12(15(13)7-4-3-5-8-15)22-14-20-9-6-11(21-14)16(17,18)19/h6,9,12-13H,2-5,7-8,10H2,1H3,(H,20,21,22)/t12-,13-/m1/s1. The predicted molar refractivity (Wildman–Crippen MR) is 80.0 cm³/mol. The summed E-state index contributed by atoms with van der Waals surface area (Å²) in [5.41, 5.74) is -0.889. The zero-order chi connectivity index (χ0) is 16.5. The van der Waals surface area contributed by atoms with E-state index in [1.807, 2.05) is 6.92 Å². The third kappa shape index (κ3) is 3.16. The number of aromatic nitrogens is 2. The number of alkyl halides is 3. The molecule has 0 aliphatic heterocycles. The van der Waals surface area contributed by atoms with Crippen LogP contribution in [-0.2, 0) is 10.9 Å². The lowest BCUT2D eigenvalue weighted by molar-refractivity contribution is -0.141. The molecule has 2 fully saturated rings. The number of ether oxygens (including phenoxy) is 1. The molecule has 4 nitrogen and oxygen atoms in total. The molecule has 2 saturated carbocycles. The fourth-order valence-corrected chi connectivity index (χ4v) is 4.01. The van der Waals surface area contributed by atoms with E-state index in [9.17, 15) is 13.2 Å². The SMILES string of the molecule is CCO[C@@H]1C[C@@H](Nc2nccc(C(F)(F)F)n2)C12CCCCC2. The van der Waals surface area contributed by atoms with Gasteiger partial charge in [0.05, 0.1) is 6.10 Å². The van der Waals surface area contributed by atoms with Crippen molar-refractivity contribution in [2.45, 2.75) is 63.8 Å². The van der Waals surface area contributed by atoms with Gasteiger partial charge in [-0.25, -0.2) is 9.97 Å². The van der Waals surface area contributed by atoms with Crippen LogP contribution in [0.5, 0.6) is 0 Å². The van der Waals surface area contributed by atoms with Crippen molar-refractivity contribution in [3.8, 4) is 0 Å². The van der Waals surface area contributed by atoms with Crippen molar-refractivity contribution in [2.24, 2.45) is 5.41 Å². The second-order valence-electron chi connectivity index (χ2n) is 6.43. The highest BCUT2D eigenvalue weighted by atomic mass is 19.4. The minimum Gasteiger partial charge on any atom is -0.378 e. The van der Waals surface area contributed by atoms with E-state index in [0.717, 1.165) is 44.4 Å². The van der Waals surface area contributed by atoms with E-state index < -0.39 is 11.9 Å². The van der Waals surface area contributed by atoms with Gasteiger partial charge in [0, 0.05) is 24.3 Å². The largest absolute Gasteiger partial charge is 0.433 e. The van der Waals surface area contributed by atoms with Crippen molar-refractivity contribution in [3.63, 3.8) is 0 Å². The molecule has 0 aromatic carbocycles. The van der Waals surface area contributed by atoms with Crippen molar-refractivity contribution in [1.82, 2.24) is 9.97 Å². The van der Waals surface area contributed by atoms with Gasteiger partial charge >= 0.3 is 6.18 Å². The average molecular weight is 329 g/mol. The van der Waals surface area contributed by atoms with Crippen LogP contribution in [0.15, 0.2) is 12.3 Å². The Labute approximate surface area is 133 Å². The molecule has 0 amide bonds. The van der Waals surface area contributed by atoms with Crippen LogP contribution in [0, 0.1) is 5.41 Å². The number of halogens is 3. The second-order valence-corrected chi connectivity index (χ2v) is 6.43. The molecule has 2 aliphatic carbocycles. The summed E-state index contributed by atoms with van der Waals surface area (Å²) < 4.78 is 44.2. The molecule has 1 spiro atoms. The van der Waals surface area contributed by atoms with Gasteiger partial charge in [0.1, 0.15) is 5.69 Å². The summed E-state index contributed by atoms with van der Waals surface area (Å²) in [5.74, 6) is 0.0599. The molecule has 0 saturated heterocycles. The van der Waals surface area contributed by atoms with Crippen LogP contribution in [0.1, 0.15) is 51.1 Å². The fraction of sp³-hybridized carbons (Fsp3) is 0.750. The first-order chi connectivity index (χ1) is 11.0. The summed E-state index contributed by atoms with van der Waals surface area (Å²) in [6.45, 7) is 2.65. The molecule has 1 aromatic heterocycles. The molecule has 128 valence electrons. The topological polar surface area (TPSA) is 47.0 Å². The summed E-state index contributed by atoms with van der Waals surface area (Å²) in [5, 5.41) is 3.14. The van der Waals surface area contributed by atoms with Crippen LogP contribution in [0.25, 0.3) is 0 Å². The maximum absolute atomic E-state index is 12.8. The van der Waals surface area contributed by atoms with Crippen molar-refractivity contribution in [3.05, 3.63) is 18.0 Å². The molecule has 0 radical (unpaired) electrons. The second kappa shape index (κ2) is 6.26. The van der Waals surface area contributed by atoms with Gasteiger partial charge in [-0.15, -0.1) is 0 Å². The Morgan fingerprint density at radius 1 is 1.30 bits per heavy atom. The van der Waals surface area contributed by atoms with E-state index in [0.29, 0.717) is 6.61 Å². The third-order valence-electron chi connectivity index (χ3n) is 5.19. The van der Waals surface area contributed by atoms with E-state index in [1.54, 1.807) is 0 Å². The molecule has 2 atom stereocenters. The van der Waals surface area contributed by atoms with Crippen LogP contribution in [-0.4, -0.2) is 28.7 Å². The van der Waals surface area contributed by atoms with Crippen molar-refractivity contribution in [1.29, 1.82) is 0 Å². The van der Waals surface area contributed by atoms with E-state index in [2.05, 4.69) is 15.3 Å². The van der Waals surface area contributed by atoms with Crippen molar-refractivity contribution < 1.29 is 17.9 Å². The lowest BCUT2D eigenvalue weighted by Gasteiger charge is -2.57. The summed E-state index contributed by atoms with van der Waals surface area (Å²) >= 11 is 0. The Morgan fingerprint density at radius 2 is 2.04 bits per heavy atom. The van der Waals surface area contributed by atoms with Gasteiger partial charge < -0.3 is 10.1 Å². The van der Waals surface area contributed by atoms with E-state index in [1.165, 1.54) is 6.42 Å². The number of hydrogen-bond acceptors (Lipinski definition) is 4.